The Balaban J connectivity index is 2.46. The molecule has 0 aromatic heterocycles. The van der Waals surface area contributed by atoms with Crippen molar-refractivity contribution in [1.29, 1.82) is 0 Å². The average Bonchev–Trinajstić information content (AvgIpc) is 2.39. The summed E-state index contributed by atoms with van der Waals surface area (Å²) in [5.74, 6) is -0.742. The molecular formula is C13H11Cl2FN2O2S. The number of hydrogen-bond acceptors (Lipinski definition) is 3. The topological polar surface area (TPSA) is 72.2 Å². The van der Waals surface area contributed by atoms with E-state index < -0.39 is 15.8 Å². The monoisotopic (exact) mass is 348 g/mol. The van der Waals surface area contributed by atoms with Gasteiger partial charge >= 0.3 is 0 Å². The maximum absolute atomic E-state index is 13.6. The highest BCUT2D eigenvalue weighted by molar-refractivity contribution is 7.92. The van der Waals surface area contributed by atoms with Crippen LogP contribution in [0, 0.1) is 12.7 Å². The van der Waals surface area contributed by atoms with Crippen molar-refractivity contribution >= 4 is 44.6 Å². The van der Waals surface area contributed by atoms with E-state index in [-0.39, 0.29) is 26.3 Å². The third-order valence-corrected chi connectivity index (χ3v) is 4.81. The zero-order valence-electron chi connectivity index (χ0n) is 10.8. The van der Waals surface area contributed by atoms with E-state index in [9.17, 15) is 12.8 Å². The number of nitrogens with one attached hydrogen (secondary N) is 1. The Bertz CT molecular complexity index is 787. The van der Waals surface area contributed by atoms with Crippen molar-refractivity contribution < 1.29 is 12.8 Å². The predicted octanol–water partition coefficient (Wildman–Crippen LogP) is 3.82. The molecule has 0 radical (unpaired) electrons. The first-order valence-corrected chi connectivity index (χ1v) is 7.98. The molecule has 2 aromatic rings. The van der Waals surface area contributed by atoms with E-state index in [1.807, 2.05) is 0 Å². The van der Waals surface area contributed by atoms with Crippen LogP contribution in [0.25, 0.3) is 0 Å². The molecule has 4 nitrogen and oxygen atoms in total. The molecule has 8 heteroatoms. The molecule has 2 rings (SSSR count). The first kappa shape index (κ1) is 15.9. The minimum atomic E-state index is -4.03. The van der Waals surface area contributed by atoms with Crippen LogP contribution >= 0.6 is 23.2 Å². The van der Waals surface area contributed by atoms with Gasteiger partial charge in [0.2, 0.25) is 0 Å². The molecule has 0 amide bonds. The smallest absolute Gasteiger partial charge is 0.262 e. The van der Waals surface area contributed by atoms with Gasteiger partial charge in [0.25, 0.3) is 10.0 Å². The average molecular weight is 349 g/mol. The van der Waals surface area contributed by atoms with Gasteiger partial charge in [0.05, 0.1) is 10.6 Å². The van der Waals surface area contributed by atoms with Gasteiger partial charge in [0.15, 0.2) is 0 Å². The number of benzene rings is 2. The summed E-state index contributed by atoms with van der Waals surface area (Å²) in [5.41, 5.74) is 6.25. The van der Waals surface area contributed by atoms with Crippen LogP contribution in [0.2, 0.25) is 10.0 Å². The minimum Gasteiger partial charge on any atom is -0.398 e. The van der Waals surface area contributed by atoms with Crippen molar-refractivity contribution in [3.8, 4) is 0 Å². The van der Waals surface area contributed by atoms with E-state index >= 15 is 0 Å². The number of rotatable bonds is 3. The molecule has 112 valence electrons. The van der Waals surface area contributed by atoms with Crippen LogP contribution in [0.15, 0.2) is 35.2 Å². The Labute approximate surface area is 131 Å². The highest BCUT2D eigenvalue weighted by atomic mass is 35.5. The standard InChI is InChI=1S/C13H11Cl2FN2O2S/c1-7-10(15)5-9(6-12(7)17)21(19,20)18-13-4-8(14)2-3-11(13)16/h2-6,18H,17H2,1H3. The molecule has 21 heavy (non-hydrogen) atoms. The molecule has 0 unspecified atom stereocenters. The second-order valence-electron chi connectivity index (χ2n) is 4.35. The number of sulfonamides is 1. The van der Waals surface area contributed by atoms with Gasteiger partial charge in [-0.3, -0.25) is 4.72 Å². The SMILES string of the molecule is Cc1c(N)cc(S(=O)(=O)Nc2cc(Cl)ccc2F)cc1Cl. The van der Waals surface area contributed by atoms with Crippen molar-refractivity contribution in [2.45, 2.75) is 11.8 Å². The Kier molecular flexibility index (Phi) is 4.32. The summed E-state index contributed by atoms with van der Waals surface area (Å²) in [6.45, 7) is 1.66. The number of halogens is 3. The first-order chi connectivity index (χ1) is 9.70. The highest BCUT2D eigenvalue weighted by Gasteiger charge is 2.19. The summed E-state index contributed by atoms with van der Waals surface area (Å²) in [6, 6.07) is 6.06. The molecule has 2 aromatic carbocycles. The number of nitrogens with two attached hydrogens (primary N) is 1. The van der Waals surface area contributed by atoms with Gasteiger partial charge in [-0.15, -0.1) is 0 Å². The van der Waals surface area contributed by atoms with Crippen molar-refractivity contribution in [3.63, 3.8) is 0 Å². The van der Waals surface area contributed by atoms with Gasteiger partial charge in [-0.25, -0.2) is 12.8 Å². The van der Waals surface area contributed by atoms with Gasteiger partial charge in [0.1, 0.15) is 5.82 Å². The van der Waals surface area contributed by atoms with Gasteiger partial charge < -0.3 is 5.73 Å². The fourth-order valence-electron chi connectivity index (χ4n) is 1.61. The summed E-state index contributed by atoms with van der Waals surface area (Å²) < 4.78 is 40.2. The molecule has 0 heterocycles. The molecule has 0 spiro atoms. The van der Waals surface area contributed by atoms with Crippen molar-refractivity contribution in [3.05, 3.63) is 51.8 Å². The fourth-order valence-corrected chi connectivity index (χ4v) is 3.19. The van der Waals surface area contributed by atoms with E-state index in [1.54, 1.807) is 6.92 Å². The highest BCUT2D eigenvalue weighted by Crippen LogP contribution is 2.28. The molecule has 0 aliphatic carbocycles. The molecular weight excluding hydrogens is 338 g/mol. The quantitative estimate of drug-likeness (QED) is 0.828. The summed E-state index contributed by atoms with van der Waals surface area (Å²) in [4.78, 5) is -0.157. The van der Waals surface area contributed by atoms with Gasteiger partial charge in [0, 0.05) is 15.7 Å². The first-order valence-electron chi connectivity index (χ1n) is 5.74. The predicted molar refractivity (Wildman–Crippen MR) is 82.8 cm³/mol. The third-order valence-electron chi connectivity index (χ3n) is 2.84. The van der Waals surface area contributed by atoms with Crippen molar-refractivity contribution in [1.82, 2.24) is 0 Å². The van der Waals surface area contributed by atoms with E-state index in [0.29, 0.717) is 5.56 Å². The van der Waals surface area contributed by atoms with Crippen LogP contribution in [0.5, 0.6) is 0 Å². The normalized spacial score (nSPS) is 11.4. The second-order valence-corrected chi connectivity index (χ2v) is 6.88. The van der Waals surface area contributed by atoms with Gasteiger partial charge in [-0.05, 0) is 42.8 Å². The van der Waals surface area contributed by atoms with Gasteiger partial charge in [-0.1, -0.05) is 23.2 Å². The van der Waals surface area contributed by atoms with Crippen LogP contribution < -0.4 is 10.5 Å². The maximum atomic E-state index is 13.6. The Morgan fingerprint density at radius 2 is 1.86 bits per heavy atom. The van der Waals surface area contributed by atoms with E-state index in [0.717, 1.165) is 6.07 Å². The van der Waals surface area contributed by atoms with Crippen molar-refractivity contribution in [2.24, 2.45) is 0 Å². The lowest BCUT2D eigenvalue weighted by molar-refractivity contribution is 0.598. The maximum Gasteiger partial charge on any atom is 0.262 e. The van der Waals surface area contributed by atoms with Crippen LogP contribution in [-0.2, 0) is 10.0 Å². The van der Waals surface area contributed by atoms with Crippen LogP contribution in [0.4, 0.5) is 15.8 Å². The lowest BCUT2D eigenvalue weighted by Crippen LogP contribution is -2.14. The van der Waals surface area contributed by atoms with Gasteiger partial charge in [-0.2, -0.15) is 0 Å². The number of anilines is 2. The Morgan fingerprint density at radius 3 is 2.48 bits per heavy atom. The van der Waals surface area contributed by atoms with E-state index in [2.05, 4.69) is 4.72 Å². The number of nitrogen functional groups attached to an aromatic ring is 1. The summed E-state index contributed by atoms with van der Waals surface area (Å²) in [7, 11) is -4.03. The molecule has 0 saturated heterocycles. The fraction of sp³-hybridized carbons (Fsp3) is 0.0769. The summed E-state index contributed by atoms with van der Waals surface area (Å²) in [6.07, 6.45) is 0. The third kappa shape index (κ3) is 3.40. The van der Waals surface area contributed by atoms with E-state index in [4.69, 9.17) is 28.9 Å². The Hall–Kier alpha value is -1.50. The van der Waals surface area contributed by atoms with Crippen LogP contribution in [0.3, 0.4) is 0 Å². The summed E-state index contributed by atoms with van der Waals surface area (Å²) in [5, 5.41) is 0.414. The molecule has 0 aliphatic heterocycles. The Morgan fingerprint density at radius 1 is 1.19 bits per heavy atom. The molecule has 0 bridgehead atoms. The van der Waals surface area contributed by atoms with E-state index in [1.165, 1.54) is 24.3 Å². The second kappa shape index (κ2) is 5.71. The zero-order valence-corrected chi connectivity index (χ0v) is 13.2. The van der Waals surface area contributed by atoms with Crippen LogP contribution in [0.1, 0.15) is 5.56 Å². The molecule has 3 N–H and O–H groups in total. The minimum absolute atomic E-state index is 0.157. The lowest BCUT2D eigenvalue weighted by atomic mass is 10.2. The number of hydrogen-bond donors (Lipinski definition) is 2. The lowest BCUT2D eigenvalue weighted by Gasteiger charge is -2.11. The molecule has 0 aliphatic rings. The van der Waals surface area contributed by atoms with Crippen LogP contribution in [-0.4, -0.2) is 8.42 Å². The molecule has 0 saturated carbocycles. The zero-order chi connectivity index (χ0) is 15.8. The van der Waals surface area contributed by atoms with Crippen molar-refractivity contribution in [2.75, 3.05) is 10.5 Å². The largest absolute Gasteiger partial charge is 0.398 e. The summed E-state index contributed by atoms with van der Waals surface area (Å²) >= 11 is 11.6. The molecule has 0 atom stereocenters. The molecule has 0 fully saturated rings.